The van der Waals surface area contributed by atoms with Crippen molar-refractivity contribution >= 4 is 35.1 Å². The van der Waals surface area contributed by atoms with E-state index < -0.39 is 18.2 Å². The van der Waals surface area contributed by atoms with Gasteiger partial charge in [0.15, 0.2) is 11.5 Å². The first-order valence-electron chi connectivity index (χ1n) is 10.1. The molecule has 164 valence electrons. The molecule has 32 heavy (non-hydrogen) atoms. The number of halogens is 1. The number of rotatable bonds is 5. The van der Waals surface area contributed by atoms with E-state index >= 15 is 0 Å². The van der Waals surface area contributed by atoms with Crippen LogP contribution in [0.3, 0.4) is 0 Å². The molecule has 0 spiro atoms. The van der Waals surface area contributed by atoms with Gasteiger partial charge < -0.3 is 14.4 Å². The Morgan fingerprint density at radius 2 is 2.03 bits per heavy atom. The van der Waals surface area contributed by atoms with E-state index in [1.807, 2.05) is 6.07 Å². The highest BCUT2D eigenvalue weighted by Gasteiger charge is 2.53. The predicted octanol–water partition coefficient (Wildman–Crippen LogP) is 3.51. The van der Waals surface area contributed by atoms with Crippen LogP contribution in [0, 0.1) is 11.3 Å². The number of para-hydroxylation sites is 1. The van der Waals surface area contributed by atoms with Crippen molar-refractivity contribution in [1.29, 1.82) is 5.26 Å². The van der Waals surface area contributed by atoms with Crippen molar-refractivity contribution in [2.75, 3.05) is 18.1 Å². The van der Waals surface area contributed by atoms with Gasteiger partial charge in [0.05, 0.1) is 34.5 Å². The molecule has 0 aliphatic carbocycles. The largest absolute Gasteiger partial charge is 0.490 e. The topological polar surface area (TPSA) is 99.9 Å². The Morgan fingerprint density at radius 3 is 2.75 bits per heavy atom. The number of hydrogen-bond acceptors (Lipinski definition) is 6. The predicted molar refractivity (Wildman–Crippen MR) is 116 cm³/mol. The summed E-state index contributed by atoms with van der Waals surface area (Å²) in [5.41, 5.74) is 0.160. The summed E-state index contributed by atoms with van der Waals surface area (Å²) < 4.78 is 11.0. The number of esters is 1. The molecule has 9 heteroatoms. The van der Waals surface area contributed by atoms with E-state index in [1.165, 1.54) is 17.0 Å². The highest BCUT2D eigenvalue weighted by Crippen LogP contribution is 2.44. The molecule has 8 nitrogen and oxygen atoms in total. The second kappa shape index (κ2) is 8.17. The minimum Gasteiger partial charge on any atom is -0.490 e. The third-order valence-electron chi connectivity index (χ3n) is 5.69. The summed E-state index contributed by atoms with van der Waals surface area (Å²) in [5, 5.41) is 9.18. The summed E-state index contributed by atoms with van der Waals surface area (Å²) in [4.78, 5) is 41.8. The highest BCUT2D eigenvalue weighted by atomic mass is 35.5. The maximum Gasteiger partial charge on any atom is 0.331 e. The Morgan fingerprint density at radius 1 is 1.28 bits per heavy atom. The van der Waals surface area contributed by atoms with Gasteiger partial charge in [-0.2, -0.15) is 5.26 Å². The van der Waals surface area contributed by atoms with E-state index in [0.717, 1.165) is 0 Å². The van der Waals surface area contributed by atoms with Crippen molar-refractivity contribution in [2.45, 2.75) is 32.4 Å². The molecule has 2 amide bonds. The Labute approximate surface area is 189 Å². The zero-order valence-corrected chi connectivity index (χ0v) is 18.3. The highest BCUT2D eigenvalue weighted by molar-refractivity contribution is 6.32. The van der Waals surface area contributed by atoms with Gasteiger partial charge in [0.1, 0.15) is 12.2 Å². The van der Waals surface area contributed by atoms with E-state index in [2.05, 4.69) is 0 Å². The van der Waals surface area contributed by atoms with Crippen molar-refractivity contribution in [3.05, 3.63) is 52.5 Å². The second-order valence-electron chi connectivity index (χ2n) is 7.66. The molecule has 0 bridgehead atoms. The third kappa shape index (κ3) is 3.45. The Hall–Kier alpha value is -3.57. The minimum absolute atomic E-state index is 0.0214. The van der Waals surface area contributed by atoms with E-state index in [1.54, 1.807) is 43.0 Å². The molecule has 1 atom stereocenters. The van der Waals surface area contributed by atoms with Gasteiger partial charge >= 0.3 is 5.97 Å². The van der Waals surface area contributed by atoms with E-state index in [-0.39, 0.29) is 46.9 Å². The van der Waals surface area contributed by atoms with Crippen LogP contribution in [0.5, 0.6) is 11.5 Å². The van der Waals surface area contributed by atoms with Gasteiger partial charge in [-0.05, 0) is 38.5 Å². The van der Waals surface area contributed by atoms with Crippen LogP contribution in [0.1, 0.15) is 42.6 Å². The molecule has 0 N–H and O–H groups in total. The standard InChI is InChI=1S/C23H20ClN3O5/c1-3-31-18-11-14(12-25)10-16(24)21(18)32-20(29)13-26-22(30)15-6-4-5-7-17(15)27-19(28)8-9-23(26,27)2/h4-7,10-11H,3,8-9,13H2,1-2H3. The molecule has 2 heterocycles. The molecule has 1 fully saturated rings. The van der Waals surface area contributed by atoms with Crippen LogP contribution < -0.4 is 14.4 Å². The van der Waals surface area contributed by atoms with Crippen molar-refractivity contribution in [3.63, 3.8) is 0 Å². The summed E-state index contributed by atoms with van der Waals surface area (Å²) in [7, 11) is 0. The normalized spacial score (nSPS) is 19.3. The van der Waals surface area contributed by atoms with Crippen LogP contribution in [0.25, 0.3) is 0 Å². The number of amides is 2. The number of fused-ring (bicyclic) bond motifs is 3. The van der Waals surface area contributed by atoms with Gasteiger partial charge in [-0.1, -0.05) is 23.7 Å². The number of anilines is 1. The van der Waals surface area contributed by atoms with Crippen molar-refractivity contribution in [1.82, 2.24) is 4.90 Å². The minimum atomic E-state index is -0.987. The van der Waals surface area contributed by atoms with Crippen LogP contribution in [-0.4, -0.2) is 41.5 Å². The molecule has 1 unspecified atom stereocenters. The van der Waals surface area contributed by atoms with E-state index in [0.29, 0.717) is 17.7 Å². The molecule has 2 aliphatic rings. The summed E-state index contributed by atoms with van der Waals surface area (Å²) in [5.74, 6) is -1.08. The van der Waals surface area contributed by atoms with Gasteiger partial charge in [-0.25, -0.2) is 4.79 Å². The first-order chi connectivity index (χ1) is 15.3. The number of nitriles is 1. The molecule has 4 rings (SSSR count). The lowest BCUT2D eigenvalue weighted by Crippen LogP contribution is -2.63. The fraction of sp³-hybridized carbons (Fsp3) is 0.304. The van der Waals surface area contributed by atoms with Gasteiger partial charge in [0.25, 0.3) is 5.91 Å². The lowest BCUT2D eigenvalue weighted by atomic mass is 9.98. The van der Waals surface area contributed by atoms with Crippen LogP contribution in [0.2, 0.25) is 5.02 Å². The maximum absolute atomic E-state index is 13.3. The smallest absolute Gasteiger partial charge is 0.331 e. The molecular weight excluding hydrogens is 434 g/mol. The number of carbonyl (C=O) groups excluding carboxylic acids is 3. The van der Waals surface area contributed by atoms with Crippen molar-refractivity contribution in [3.8, 4) is 17.6 Å². The van der Waals surface area contributed by atoms with Gasteiger partial charge in [0.2, 0.25) is 5.91 Å². The maximum atomic E-state index is 13.3. The summed E-state index contributed by atoms with van der Waals surface area (Å²) >= 11 is 6.23. The van der Waals surface area contributed by atoms with Crippen molar-refractivity contribution < 1.29 is 23.9 Å². The quantitative estimate of drug-likeness (QED) is 0.507. The zero-order valence-electron chi connectivity index (χ0n) is 17.6. The number of benzene rings is 2. The van der Waals surface area contributed by atoms with Crippen LogP contribution in [0.15, 0.2) is 36.4 Å². The molecule has 0 radical (unpaired) electrons. The second-order valence-corrected chi connectivity index (χ2v) is 8.07. The molecule has 1 saturated heterocycles. The van der Waals surface area contributed by atoms with Gasteiger partial charge in [0, 0.05) is 12.5 Å². The first kappa shape index (κ1) is 21.7. The first-order valence-corrected chi connectivity index (χ1v) is 10.5. The fourth-order valence-electron chi connectivity index (χ4n) is 4.21. The summed E-state index contributed by atoms with van der Waals surface area (Å²) in [6.45, 7) is 3.38. The molecular formula is C23H20ClN3O5. The monoisotopic (exact) mass is 453 g/mol. The average Bonchev–Trinajstić information content (AvgIpc) is 3.09. The Balaban J connectivity index is 1.65. The van der Waals surface area contributed by atoms with E-state index in [9.17, 15) is 14.4 Å². The van der Waals surface area contributed by atoms with Gasteiger partial charge in [-0.3, -0.25) is 14.5 Å². The molecule has 2 aliphatic heterocycles. The molecule has 2 aromatic rings. The Kier molecular flexibility index (Phi) is 5.53. The summed E-state index contributed by atoms with van der Waals surface area (Å²) in [6, 6.07) is 11.6. The lowest BCUT2D eigenvalue weighted by Gasteiger charge is -2.48. The number of hydrogen-bond donors (Lipinski definition) is 0. The van der Waals surface area contributed by atoms with Crippen molar-refractivity contribution in [2.24, 2.45) is 0 Å². The third-order valence-corrected chi connectivity index (χ3v) is 5.97. The lowest BCUT2D eigenvalue weighted by molar-refractivity contribution is -0.136. The van der Waals surface area contributed by atoms with Gasteiger partial charge in [-0.15, -0.1) is 0 Å². The fourth-order valence-corrected chi connectivity index (χ4v) is 4.46. The van der Waals surface area contributed by atoms with E-state index in [4.69, 9.17) is 26.3 Å². The van der Waals surface area contributed by atoms with Crippen LogP contribution >= 0.6 is 11.6 Å². The number of nitrogens with zero attached hydrogens (tertiary/aromatic N) is 3. The molecule has 2 aromatic carbocycles. The SMILES string of the molecule is CCOc1cc(C#N)cc(Cl)c1OC(=O)CN1C(=O)c2ccccc2N2C(=O)CCC12C. The Bertz CT molecular complexity index is 1170. The molecule has 0 aromatic heterocycles. The number of carbonyl (C=O) groups is 3. The van der Waals surface area contributed by atoms with Crippen LogP contribution in [-0.2, 0) is 9.59 Å². The summed E-state index contributed by atoms with van der Waals surface area (Å²) in [6.07, 6.45) is 0.653. The molecule has 0 saturated carbocycles. The average molecular weight is 454 g/mol. The van der Waals surface area contributed by atoms with Crippen LogP contribution in [0.4, 0.5) is 5.69 Å². The zero-order chi connectivity index (χ0) is 23.0. The number of ether oxygens (including phenoxy) is 2.